The van der Waals surface area contributed by atoms with E-state index in [4.69, 9.17) is 5.73 Å². The molecular weight excluding hydrogens is 208 g/mol. The van der Waals surface area contributed by atoms with Crippen molar-refractivity contribution in [2.24, 2.45) is 5.73 Å². The first-order valence-electron chi connectivity index (χ1n) is 6.77. The molecular formula is C15H24N2. The second kappa shape index (κ2) is 5.65. The van der Waals surface area contributed by atoms with Crippen LogP contribution in [0.25, 0.3) is 0 Å². The Kier molecular flexibility index (Phi) is 4.19. The molecule has 0 heterocycles. The van der Waals surface area contributed by atoms with Gasteiger partial charge in [-0.05, 0) is 43.9 Å². The third-order valence-electron chi connectivity index (χ3n) is 3.59. The van der Waals surface area contributed by atoms with Gasteiger partial charge in [0, 0.05) is 18.6 Å². The molecule has 1 aromatic carbocycles. The lowest BCUT2D eigenvalue weighted by Crippen LogP contribution is -2.34. The van der Waals surface area contributed by atoms with Crippen molar-refractivity contribution >= 4 is 0 Å². The van der Waals surface area contributed by atoms with E-state index in [0.717, 1.165) is 12.6 Å². The van der Waals surface area contributed by atoms with Gasteiger partial charge in [-0.2, -0.15) is 0 Å². The smallest absolute Gasteiger partial charge is 0.0427 e. The normalized spacial score (nSPS) is 17.4. The van der Waals surface area contributed by atoms with Crippen LogP contribution >= 0.6 is 0 Å². The van der Waals surface area contributed by atoms with Gasteiger partial charge >= 0.3 is 0 Å². The number of nitrogens with zero attached hydrogens (tertiary/aromatic N) is 1. The molecule has 0 radical (unpaired) electrons. The fraction of sp³-hybridized carbons (Fsp3) is 0.600. The Morgan fingerprint density at radius 3 is 2.65 bits per heavy atom. The molecule has 94 valence electrons. The van der Waals surface area contributed by atoms with Crippen molar-refractivity contribution in [2.45, 2.75) is 45.2 Å². The average Bonchev–Trinajstić information content (AvgIpc) is 3.12. The number of hydrogen-bond donors (Lipinski definition) is 1. The van der Waals surface area contributed by atoms with Gasteiger partial charge in [0.2, 0.25) is 0 Å². The summed E-state index contributed by atoms with van der Waals surface area (Å²) in [6.07, 6.45) is 3.94. The minimum Gasteiger partial charge on any atom is -0.323 e. The van der Waals surface area contributed by atoms with Gasteiger partial charge in [-0.1, -0.05) is 31.2 Å². The first-order chi connectivity index (χ1) is 8.22. The third-order valence-corrected chi connectivity index (χ3v) is 3.59. The summed E-state index contributed by atoms with van der Waals surface area (Å²) in [6.45, 7) is 6.58. The van der Waals surface area contributed by atoms with Crippen LogP contribution in [-0.4, -0.2) is 24.0 Å². The molecule has 0 bridgehead atoms. The van der Waals surface area contributed by atoms with E-state index in [2.05, 4.69) is 43.0 Å². The van der Waals surface area contributed by atoms with Gasteiger partial charge in [0.1, 0.15) is 0 Å². The highest BCUT2D eigenvalue weighted by Gasteiger charge is 2.29. The Morgan fingerprint density at radius 2 is 2.06 bits per heavy atom. The van der Waals surface area contributed by atoms with E-state index >= 15 is 0 Å². The summed E-state index contributed by atoms with van der Waals surface area (Å²) in [6, 6.07) is 9.45. The summed E-state index contributed by atoms with van der Waals surface area (Å²) in [5, 5.41) is 0. The molecule has 17 heavy (non-hydrogen) atoms. The molecule has 1 aromatic rings. The van der Waals surface area contributed by atoms with Gasteiger partial charge in [0.15, 0.2) is 0 Å². The van der Waals surface area contributed by atoms with Crippen LogP contribution < -0.4 is 5.73 Å². The Morgan fingerprint density at radius 1 is 1.35 bits per heavy atom. The lowest BCUT2D eigenvalue weighted by Gasteiger charge is -2.26. The van der Waals surface area contributed by atoms with Crippen molar-refractivity contribution < 1.29 is 0 Å². The van der Waals surface area contributed by atoms with Crippen molar-refractivity contribution in [3.8, 4) is 0 Å². The summed E-state index contributed by atoms with van der Waals surface area (Å²) in [5.74, 6) is 0. The van der Waals surface area contributed by atoms with Crippen LogP contribution in [0.15, 0.2) is 24.3 Å². The van der Waals surface area contributed by atoms with E-state index in [0.29, 0.717) is 0 Å². The summed E-state index contributed by atoms with van der Waals surface area (Å²) >= 11 is 0. The lowest BCUT2D eigenvalue weighted by molar-refractivity contribution is 0.248. The predicted molar refractivity (Wildman–Crippen MR) is 73.0 cm³/mol. The van der Waals surface area contributed by atoms with Crippen LogP contribution in [0.3, 0.4) is 0 Å². The lowest BCUT2D eigenvalue weighted by atomic mass is 10.0. The molecule has 1 unspecified atom stereocenters. The highest BCUT2D eigenvalue weighted by Crippen LogP contribution is 2.28. The number of nitrogens with two attached hydrogens (primary N) is 1. The molecule has 2 rings (SSSR count). The molecule has 1 aliphatic carbocycles. The standard InChI is InChI=1S/C15H24N2/c1-3-10-17(13-8-9-13)11-15(16)14-7-5-4-6-12(14)2/h4-7,13,15H,3,8-11,16H2,1-2H3. The van der Waals surface area contributed by atoms with Gasteiger partial charge in [0.25, 0.3) is 0 Å². The largest absolute Gasteiger partial charge is 0.323 e. The zero-order valence-electron chi connectivity index (χ0n) is 11.0. The maximum Gasteiger partial charge on any atom is 0.0427 e. The molecule has 2 nitrogen and oxygen atoms in total. The topological polar surface area (TPSA) is 29.3 Å². The van der Waals surface area contributed by atoms with Crippen LogP contribution in [0.1, 0.15) is 43.4 Å². The quantitative estimate of drug-likeness (QED) is 0.817. The molecule has 1 fully saturated rings. The fourth-order valence-corrected chi connectivity index (χ4v) is 2.50. The van der Waals surface area contributed by atoms with Crippen molar-refractivity contribution in [1.29, 1.82) is 0 Å². The van der Waals surface area contributed by atoms with Gasteiger partial charge in [-0.3, -0.25) is 4.90 Å². The SMILES string of the molecule is CCCN(CC(N)c1ccccc1C)C1CC1. The first kappa shape index (κ1) is 12.6. The number of aryl methyl sites for hydroxylation is 1. The minimum absolute atomic E-state index is 0.156. The molecule has 1 atom stereocenters. The highest BCUT2D eigenvalue weighted by atomic mass is 15.2. The zero-order valence-corrected chi connectivity index (χ0v) is 11.0. The van der Waals surface area contributed by atoms with Crippen molar-refractivity contribution in [3.63, 3.8) is 0 Å². The Bertz CT molecular complexity index is 358. The molecule has 1 aliphatic rings. The third kappa shape index (κ3) is 3.30. The van der Waals surface area contributed by atoms with Gasteiger partial charge in [-0.15, -0.1) is 0 Å². The Hall–Kier alpha value is -0.860. The van der Waals surface area contributed by atoms with Gasteiger partial charge in [-0.25, -0.2) is 0 Å². The minimum atomic E-state index is 0.156. The van der Waals surface area contributed by atoms with Crippen LogP contribution in [-0.2, 0) is 0 Å². The molecule has 0 saturated heterocycles. The number of benzene rings is 1. The maximum absolute atomic E-state index is 6.35. The van der Waals surface area contributed by atoms with E-state index in [-0.39, 0.29) is 6.04 Å². The van der Waals surface area contributed by atoms with Gasteiger partial charge in [0.05, 0.1) is 0 Å². The Balaban J connectivity index is 1.99. The monoisotopic (exact) mass is 232 g/mol. The maximum atomic E-state index is 6.35. The zero-order chi connectivity index (χ0) is 12.3. The van der Waals surface area contributed by atoms with E-state index < -0.39 is 0 Å². The fourth-order valence-electron chi connectivity index (χ4n) is 2.50. The van der Waals surface area contributed by atoms with E-state index in [1.807, 2.05) is 0 Å². The van der Waals surface area contributed by atoms with Crippen LogP contribution in [0.2, 0.25) is 0 Å². The highest BCUT2D eigenvalue weighted by molar-refractivity contribution is 5.28. The van der Waals surface area contributed by atoms with E-state index in [1.54, 1.807) is 0 Å². The van der Waals surface area contributed by atoms with Crippen molar-refractivity contribution in [2.75, 3.05) is 13.1 Å². The molecule has 1 saturated carbocycles. The van der Waals surface area contributed by atoms with Crippen molar-refractivity contribution in [3.05, 3.63) is 35.4 Å². The van der Waals surface area contributed by atoms with E-state index in [1.165, 1.54) is 36.9 Å². The van der Waals surface area contributed by atoms with Crippen molar-refractivity contribution in [1.82, 2.24) is 4.90 Å². The predicted octanol–water partition coefficient (Wildman–Crippen LogP) is 2.87. The number of rotatable bonds is 6. The first-order valence-corrected chi connectivity index (χ1v) is 6.77. The summed E-state index contributed by atoms with van der Waals surface area (Å²) in [5.41, 5.74) is 8.96. The van der Waals surface area contributed by atoms with Crippen LogP contribution in [0.5, 0.6) is 0 Å². The number of hydrogen-bond acceptors (Lipinski definition) is 2. The second-order valence-electron chi connectivity index (χ2n) is 5.19. The molecule has 2 heteroatoms. The Labute approximate surface area is 105 Å². The van der Waals surface area contributed by atoms with Gasteiger partial charge < -0.3 is 5.73 Å². The van der Waals surface area contributed by atoms with Crippen LogP contribution in [0, 0.1) is 6.92 Å². The molecule has 0 spiro atoms. The summed E-state index contributed by atoms with van der Waals surface area (Å²) in [4.78, 5) is 2.57. The molecule has 2 N–H and O–H groups in total. The summed E-state index contributed by atoms with van der Waals surface area (Å²) < 4.78 is 0. The molecule has 0 aromatic heterocycles. The second-order valence-corrected chi connectivity index (χ2v) is 5.19. The molecule has 0 aliphatic heterocycles. The average molecular weight is 232 g/mol. The molecule has 0 amide bonds. The van der Waals surface area contributed by atoms with E-state index in [9.17, 15) is 0 Å². The van der Waals surface area contributed by atoms with Crippen LogP contribution in [0.4, 0.5) is 0 Å². The summed E-state index contributed by atoms with van der Waals surface area (Å²) in [7, 11) is 0.